The van der Waals surface area contributed by atoms with Crippen molar-refractivity contribution in [1.29, 1.82) is 0 Å². The number of carbonyl (C=O) groups excluding carboxylic acids is 3. The number of piperazine rings is 1. The zero-order valence-electron chi connectivity index (χ0n) is 35.9. The number of benzene rings is 1. The minimum absolute atomic E-state index is 0.104. The van der Waals surface area contributed by atoms with Crippen LogP contribution in [0.4, 0.5) is 0 Å². The lowest BCUT2D eigenvalue weighted by atomic mass is 9.79. The van der Waals surface area contributed by atoms with Gasteiger partial charge in [0.2, 0.25) is 17.5 Å². The number of H-pyrrole nitrogens is 1. The number of halogens is 3. The van der Waals surface area contributed by atoms with Crippen molar-refractivity contribution in [3.05, 3.63) is 40.0 Å². The Morgan fingerprint density at radius 1 is 1.16 bits per heavy atom. The highest BCUT2D eigenvalue weighted by atomic mass is 79.9. The van der Waals surface area contributed by atoms with E-state index < -0.39 is 59.3 Å². The van der Waals surface area contributed by atoms with Gasteiger partial charge in [-0.15, -0.1) is 23.2 Å². The summed E-state index contributed by atoms with van der Waals surface area (Å²) in [6.07, 6.45) is 6.09. The van der Waals surface area contributed by atoms with Crippen molar-refractivity contribution in [1.82, 2.24) is 34.8 Å². The zero-order valence-corrected chi connectivity index (χ0v) is 40.7. The average molecular weight is 1010 g/mol. The number of hydrogen-bond acceptors (Lipinski definition) is 10. The van der Waals surface area contributed by atoms with Gasteiger partial charge >= 0.3 is 7.67 Å². The number of alkyl halides is 2. The zero-order chi connectivity index (χ0) is 45.5. The first-order chi connectivity index (χ1) is 29.1. The SMILES string of the molecule is CC(C)C[C@H]1C(=O)N2CCC[C@H]2[C@]2(O)O[C@](NC(=O)[C@@H]3C=C4c5cccc6[nH]c(Br)c(c56)C[C@H]4N(C)C3)(C(C)C)C(=O)N12.CS(=O)(=O)O.O=P1(N(CCCl)CCCl)NCCCO1. The normalized spacial score (nSPS) is 30.7. The van der Waals surface area contributed by atoms with Gasteiger partial charge in [0, 0.05) is 67.3 Å². The van der Waals surface area contributed by atoms with Crippen molar-refractivity contribution in [2.75, 3.05) is 64.4 Å². The summed E-state index contributed by atoms with van der Waals surface area (Å²) >= 11 is 14.9. The van der Waals surface area contributed by atoms with Crippen LogP contribution in [0.25, 0.3) is 16.5 Å². The Hall–Kier alpha value is -2.13. The van der Waals surface area contributed by atoms with Gasteiger partial charge < -0.3 is 24.8 Å². The molecule has 22 heteroatoms. The average Bonchev–Trinajstić information content (AvgIpc) is 3.88. The summed E-state index contributed by atoms with van der Waals surface area (Å²) in [6.45, 7) is 10.9. The number of nitrogens with one attached hydrogen (secondary N) is 3. The van der Waals surface area contributed by atoms with Crippen LogP contribution in [-0.2, 0) is 44.7 Å². The third-order valence-corrected chi connectivity index (χ3v) is 15.5. The number of aromatic amines is 1. The molecule has 5 N–H and O–H groups in total. The van der Waals surface area contributed by atoms with E-state index in [2.05, 4.69) is 48.4 Å². The van der Waals surface area contributed by atoms with Crippen LogP contribution in [0.3, 0.4) is 0 Å². The van der Waals surface area contributed by atoms with Crippen LogP contribution in [0.2, 0.25) is 0 Å². The van der Waals surface area contributed by atoms with E-state index in [1.807, 2.05) is 33.0 Å². The van der Waals surface area contributed by atoms with Crippen LogP contribution in [-0.4, -0.2) is 154 Å². The highest BCUT2D eigenvalue weighted by molar-refractivity contribution is 9.10. The third kappa shape index (κ3) is 9.71. The molecular weight excluding hydrogens is 952 g/mol. The quantitative estimate of drug-likeness (QED) is 0.125. The standard InChI is InChI=1S/C32H40BrN5O5.C7H15Cl2N2O2P.CH4O3S/c1-16(2)12-24-29(40)37-11-7-10-25(37)32(42)38(24)30(41)31(43-32,17(3)4)35-28(39)18-13-20-19-8-6-9-22-26(19)21(27(33)34-22)14-23(20)36(5)15-18;8-2-5-11(6-3-9)14(12)10-4-1-7-13-14;1-5(2,3)4/h6,8-9,13,16-18,23-25,34,42H,7,10-12,14-15H2,1-5H3,(H,35,39);1-7H2,(H,10,12);1H3,(H,2,3,4)/t18-,23-,24+,25+,31-,32+;;/m1../s1. The molecule has 6 aliphatic rings. The Kier molecular flexibility index (Phi) is 15.4. The fourth-order valence-corrected chi connectivity index (χ4v) is 12.6. The molecule has 17 nitrogen and oxygen atoms in total. The summed E-state index contributed by atoms with van der Waals surface area (Å²) < 4.78 is 52.5. The lowest BCUT2D eigenvalue weighted by Crippen LogP contribution is -2.71. The lowest BCUT2D eigenvalue weighted by molar-refractivity contribution is -0.322. The number of hydrogen-bond donors (Lipinski definition) is 5. The molecule has 4 saturated heterocycles. The molecule has 0 bridgehead atoms. The maximum atomic E-state index is 14.4. The Morgan fingerprint density at radius 2 is 1.84 bits per heavy atom. The first-order valence-electron chi connectivity index (χ1n) is 21.0. The van der Waals surface area contributed by atoms with E-state index in [1.165, 1.54) is 15.8 Å². The monoisotopic (exact) mass is 1010 g/mol. The lowest BCUT2D eigenvalue weighted by Gasteiger charge is -2.49. The summed E-state index contributed by atoms with van der Waals surface area (Å²) in [6, 6.07) is 4.76. The Morgan fingerprint density at radius 3 is 2.44 bits per heavy atom. The van der Waals surface area contributed by atoms with E-state index in [0.717, 1.165) is 47.1 Å². The van der Waals surface area contributed by atoms with E-state index in [1.54, 1.807) is 23.4 Å². The van der Waals surface area contributed by atoms with E-state index in [9.17, 15) is 32.5 Å². The van der Waals surface area contributed by atoms with E-state index >= 15 is 0 Å². The molecule has 5 aliphatic heterocycles. The van der Waals surface area contributed by atoms with E-state index in [0.29, 0.717) is 63.6 Å². The second kappa shape index (κ2) is 19.4. The van der Waals surface area contributed by atoms with E-state index in [4.69, 9.17) is 37.0 Å². The van der Waals surface area contributed by atoms with Crippen molar-refractivity contribution in [2.24, 2.45) is 17.8 Å². The smallest absolute Gasteiger partial charge is 0.343 e. The molecule has 6 heterocycles. The van der Waals surface area contributed by atoms with Crippen molar-refractivity contribution < 1.29 is 46.3 Å². The van der Waals surface area contributed by atoms with Gasteiger partial charge in [-0.3, -0.25) is 38.0 Å². The van der Waals surface area contributed by atoms with Gasteiger partial charge in [-0.25, -0.2) is 9.76 Å². The molecule has 1 aromatic carbocycles. The van der Waals surface area contributed by atoms with Crippen LogP contribution >= 0.6 is 46.8 Å². The Bertz CT molecular complexity index is 2190. The summed E-state index contributed by atoms with van der Waals surface area (Å²) in [4.78, 5) is 50.8. The number of ether oxygens (including phenoxy) is 1. The molecule has 1 aliphatic carbocycles. The maximum absolute atomic E-state index is 14.4. The molecule has 4 fully saturated rings. The van der Waals surface area contributed by atoms with Crippen molar-refractivity contribution >= 4 is 91.1 Å². The van der Waals surface area contributed by atoms with Crippen LogP contribution in [0.5, 0.6) is 0 Å². The molecule has 0 saturated carbocycles. The number of carbonyl (C=O) groups is 3. The highest BCUT2D eigenvalue weighted by Gasteiger charge is 2.72. The first kappa shape index (κ1) is 49.3. The fourth-order valence-electron chi connectivity index (χ4n) is 9.43. The second-order valence-corrected chi connectivity index (χ2v) is 22.6. The maximum Gasteiger partial charge on any atom is 0.343 e. The van der Waals surface area contributed by atoms with Gasteiger partial charge in [0.05, 0.1) is 23.4 Å². The minimum Gasteiger partial charge on any atom is -0.349 e. The number of rotatable bonds is 10. The van der Waals surface area contributed by atoms with Gasteiger partial charge in [-0.2, -0.15) is 8.42 Å². The second-order valence-electron chi connectivity index (χ2n) is 17.4. The van der Waals surface area contributed by atoms with Gasteiger partial charge in [0.15, 0.2) is 0 Å². The molecule has 62 heavy (non-hydrogen) atoms. The predicted octanol–water partition coefficient (Wildman–Crippen LogP) is 4.58. The molecule has 346 valence electrons. The van der Waals surface area contributed by atoms with Gasteiger partial charge in [-0.1, -0.05) is 45.9 Å². The molecule has 0 spiro atoms. The number of likely N-dealkylation sites (N-methyl/N-ethyl adjacent to an activating group) is 1. The van der Waals surface area contributed by atoms with Gasteiger partial charge in [0.25, 0.3) is 21.9 Å². The highest BCUT2D eigenvalue weighted by Crippen LogP contribution is 2.50. The van der Waals surface area contributed by atoms with E-state index in [-0.39, 0.29) is 23.8 Å². The largest absolute Gasteiger partial charge is 0.349 e. The predicted molar refractivity (Wildman–Crippen MR) is 241 cm³/mol. The Balaban J connectivity index is 0.000000281. The summed E-state index contributed by atoms with van der Waals surface area (Å²) in [7, 11) is -4.48. The molecule has 1 aromatic heterocycles. The number of aliphatic hydroxyl groups is 1. The van der Waals surface area contributed by atoms with Crippen molar-refractivity contribution in [3.63, 3.8) is 0 Å². The van der Waals surface area contributed by atoms with Crippen LogP contribution < -0.4 is 10.4 Å². The minimum atomic E-state index is -3.67. The number of nitrogens with zero attached hydrogens (tertiary/aromatic N) is 4. The van der Waals surface area contributed by atoms with Crippen LogP contribution in [0.15, 0.2) is 28.9 Å². The first-order valence-corrected chi connectivity index (χ1v) is 26.3. The molecule has 3 amide bonds. The molecule has 0 radical (unpaired) electrons. The Labute approximate surface area is 382 Å². The summed E-state index contributed by atoms with van der Waals surface area (Å²) in [5, 5.41) is 19.2. The number of aromatic nitrogens is 1. The molecule has 7 atom stereocenters. The summed E-state index contributed by atoms with van der Waals surface area (Å²) in [5.41, 5.74) is 2.68. The van der Waals surface area contributed by atoms with Crippen molar-refractivity contribution in [3.8, 4) is 0 Å². The molecule has 8 rings (SSSR count). The van der Waals surface area contributed by atoms with Gasteiger partial charge in [0.1, 0.15) is 12.1 Å². The summed E-state index contributed by atoms with van der Waals surface area (Å²) in [5.74, 6) is -3.17. The fraction of sp³-hybridized carbons (Fsp3) is 0.675. The number of amides is 3. The molecular formula is C40H59BrCl2N7O10PS. The number of fused-ring (bicyclic) bond motifs is 5. The van der Waals surface area contributed by atoms with Gasteiger partial charge in [-0.05, 0) is 83.8 Å². The molecule has 1 unspecified atom stereocenters. The molecule has 2 aromatic rings. The topological polar surface area (TPSA) is 214 Å². The van der Waals surface area contributed by atoms with Crippen LogP contribution in [0.1, 0.15) is 64.5 Å². The third-order valence-electron chi connectivity index (χ3n) is 12.2. The van der Waals surface area contributed by atoms with Crippen molar-refractivity contribution in [2.45, 2.75) is 89.6 Å². The van der Waals surface area contributed by atoms with Crippen LogP contribution in [0, 0.1) is 17.8 Å².